The van der Waals surface area contributed by atoms with E-state index >= 15 is 0 Å². The third-order valence-corrected chi connectivity index (χ3v) is 5.02. The standard InChI is InChI=1S/C21H28N6O2/c1-4-19-15(2)22-14-23-21(19)27-11-9-26(10-12-27)13-20(29)25-18-7-5-17(6-8-18)24-16(3)28/h5-8,14H,4,9-13H2,1-3H3,(H,24,28)(H,25,29). The first-order chi connectivity index (χ1) is 14.0. The molecule has 1 aromatic carbocycles. The first-order valence-corrected chi connectivity index (χ1v) is 9.91. The molecule has 2 heterocycles. The number of anilines is 3. The highest BCUT2D eigenvalue weighted by Gasteiger charge is 2.22. The zero-order chi connectivity index (χ0) is 20.8. The van der Waals surface area contributed by atoms with Crippen LogP contribution in [0, 0.1) is 6.92 Å². The lowest BCUT2D eigenvalue weighted by atomic mass is 10.1. The lowest BCUT2D eigenvalue weighted by Crippen LogP contribution is -2.49. The number of amides is 2. The van der Waals surface area contributed by atoms with Gasteiger partial charge in [-0.3, -0.25) is 14.5 Å². The number of rotatable bonds is 6. The Morgan fingerprint density at radius 3 is 2.21 bits per heavy atom. The fraction of sp³-hybridized carbons (Fsp3) is 0.429. The van der Waals surface area contributed by atoms with Crippen LogP contribution in [0.25, 0.3) is 0 Å². The molecule has 3 rings (SSSR count). The molecule has 154 valence electrons. The van der Waals surface area contributed by atoms with Gasteiger partial charge in [0.15, 0.2) is 0 Å². The zero-order valence-corrected chi connectivity index (χ0v) is 17.2. The Labute approximate surface area is 171 Å². The molecule has 1 saturated heterocycles. The molecule has 1 fully saturated rings. The molecule has 0 radical (unpaired) electrons. The van der Waals surface area contributed by atoms with Crippen LogP contribution in [-0.2, 0) is 16.0 Å². The summed E-state index contributed by atoms with van der Waals surface area (Å²) in [6.07, 6.45) is 2.53. The van der Waals surface area contributed by atoms with Crippen molar-refractivity contribution in [1.29, 1.82) is 0 Å². The molecule has 1 aromatic heterocycles. The van der Waals surface area contributed by atoms with Crippen molar-refractivity contribution in [3.63, 3.8) is 0 Å². The predicted octanol–water partition coefficient (Wildman–Crippen LogP) is 2.07. The summed E-state index contributed by atoms with van der Waals surface area (Å²) >= 11 is 0. The summed E-state index contributed by atoms with van der Waals surface area (Å²) in [5.41, 5.74) is 3.65. The average molecular weight is 396 g/mol. The molecule has 1 aliphatic rings. The van der Waals surface area contributed by atoms with E-state index in [0.717, 1.165) is 44.1 Å². The molecule has 29 heavy (non-hydrogen) atoms. The number of carbonyl (C=O) groups is 2. The van der Waals surface area contributed by atoms with Gasteiger partial charge in [0, 0.05) is 55.7 Å². The molecule has 0 aliphatic carbocycles. The van der Waals surface area contributed by atoms with Gasteiger partial charge in [0.05, 0.1) is 6.54 Å². The molecular weight excluding hydrogens is 368 g/mol. The zero-order valence-electron chi connectivity index (χ0n) is 17.2. The highest BCUT2D eigenvalue weighted by molar-refractivity contribution is 5.93. The van der Waals surface area contributed by atoms with Gasteiger partial charge in [-0.1, -0.05) is 6.92 Å². The monoisotopic (exact) mass is 396 g/mol. The maximum Gasteiger partial charge on any atom is 0.238 e. The summed E-state index contributed by atoms with van der Waals surface area (Å²) < 4.78 is 0. The van der Waals surface area contributed by atoms with Crippen molar-refractivity contribution in [1.82, 2.24) is 14.9 Å². The SMILES string of the molecule is CCc1c(C)ncnc1N1CCN(CC(=O)Nc2ccc(NC(C)=O)cc2)CC1. The molecule has 0 bridgehead atoms. The summed E-state index contributed by atoms with van der Waals surface area (Å²) in [5, 5.41) is 5.62. The third kappa shape index (κ3) is 5.51. The van der Waals surface area contributed by atoms with Crippen LogP contribution >= 0.6 is 0 Å². The number of benzene rings is 1. The Hall–Kier alpha value is -3.00. The maximum atomic E-state index is 12.4. The van der Waals surface area contributed by atoms with Crippen LogP contribution in [0.1, 0.15) is 25.1 Å². The quantitative estimate of drug-likeness (QED) is 0.777. The summed E-state index contributed by atoms with van der Waals surface area (Å²) in [5.74, 6) is 0.852. The molecule has 1 aliphatic heterocycles. The molecular formula is C21H28N6O2. The molecule has 2 aromatic rings. The van der Waals surface area contributed by atoms with E-state index in [1.165, 1.54) is 12.5 Å². The van der Waals surface area contributed by atoms with E-state index in [0.29, 0.717) is 17.9 Å². The summed E-state index contributed by atoms with van der Waals surface area (Å²) in [7, 11) is 0. The normalized spacial score (nSPS) is 14.5. The second kappa shape index (κ2) is 9.47. The smallest absolute Gasteiger partial charge is 0.238 e. The van der Waals surface area contributed by atoms with Crippen molar-refractivity contribution in [2.24, 2.45) is 0 Å². The molecule has 8 heteroatoms. The van der Waals surface area contributed by atoms with Gasteiger partial charge in [-0.05, 0) is 37.6 Å². The summed E-state index contributed by atoms with van der Waals surface area (Å²) in [6, 6.07) is 7.10. The minimum absolute atomic E-state index is 0.0437. The van der Waals surface area contributed by atoms with Crippen LogP contribution in [0.2, 0.25) is 0 Å². The number of aromatic nitrogens is 2. The van der Waals surface area contributed by atoms with Gasteiger partial charge in [-0.2, -0.15) is 0 Å². The summed E-state index contributed by atoms with van der Waals surface area (Å²) in [4.78, 5) is 36.7. The Morgan fingerprint density at radius 2 is 1.62 bits per heavy atom. The first kappa shape index (κ1) is 20.7. The van der Waals surface area contributed by atoms with Crippen molar-refractivity contribution in [2.75, 3.05) is 48.3 Å². The first-order valence-electron chi connectivity index (χ1n) is 9.91. The topological polar surface area (TPSA) is 90.5 Å². The number of nitrogens with one attached hydrogen (secondary N) is 2. The van der Waals surface area contributed by atoms with E-state index in [-0.39, 0.29) is 11.8 Å². The molecule has 0 saturated carbocycles. The lowest BCUT2D eigenvalue weighted by Gasteiger charge is -2.35. The molecule has 2 amide bonds. The van der Waals surface area contributed by atoms with Crippen LogP contribution in [-0.4, -0.2) is 59.4 Å². The Morgan fingerprint density at radius 1 is 1.00 bits per heavy atom. The van der Waals surface area contributed by atoms with E-state index in [1.807, 2.05) is 6.92 Å². The second-order valence-corrected chi connectivity index (χ2v) is 7.18. The number of hydrogen-bond donors (Lipinski definition) is 2. The van der Waals surface area contributed by atoms with Crippen LogP contribution < -0.4 is 15.5 Å². The van der Waals surface area contributed by atoms with E-state index < -0.39 is 0 Å². The van der Waals surface area contributed by atoms with Crippen LogP contribution in [0.5, 0.6) is 0 Å². The van der Waals surface area contributed by atoms with Gasteiger partial charge >= 0.3 is 0 Å². The Kier molecular flexibility index (Phi) is 6.77. The van der Waals surface area contributed by atoms with E-state index in [9.17, 15) is 9.59 Å². The molecule has 2 N–H and O–H groups in total. The highest BCUT2D eigenvalue weighted by Crippen LogP contribution is 2.21. The molecule has 0 spiro atoms. The van der Waals surface area contributed by atoms with Gasteiger partial charge in [0.2, 0.25) is 11.8 Å². The number of carbonyl (C=O) groups excluding carboxylic acids is 2. The van der Waals surface area contributed by atoms with E-state index in [2.05, 4.69) is 37.3 Å². The molecule has 0 unspecified atom stereocenters. The van der Waals surface area contributed by atoms with Crippen molar-refractivity contribution in [3.05, 3.63) is 41.9 Å². The average Bonchev–Trinajstić information content (AvgIpc) is 2.69. The minimum Gasteiger partial charge on any atom is -0.354 e. The van der Waals surface area contributed by atoms with E-state index in [1.54, 1.807) is 30.6 Å². The Balaban J connectivity index is 1.50. The second-order valence-electron chi connectivity index (χ2n) is 7.18. The van der Waals surface area contributed by atoms with Gasteiger partial charge in [-0.25, -0.2) is 9.97 Å². The highest BCUT2D eigenvalue weighted by atomic mass is 16.2. The fourth-order valence-electron chi connectivity index (χ4n) is 3.54. The number of aryl methyl sites for hydroxylation is 1. The molecule has 8 nitrogen and oxygen atoms in total. The maximum absolute atomic E-state index is 12.4. The van der Waals surface area contributed by atoms with Gasteiger partial charge in [-0.15, -0.1) is 0 Å². The third-order valence-electron chi connectivity index (χ3n) is 5.02. The van der Waals surface area contributed by atoms with Crippen LogP contribution in [0.3, 0.4) is 0 Å². The van der Waals surface area contributed by atoms with Gasteiger partial charge < -0.3 is 15.5 Å². The molecule has 0 atom stereocenters. The van der Waals surface area contributed by atoms with Crippen molar-refractivity contribution < 1.29 is 9.59 Å². The Bertz CT molecular complexity index is 860. The van der Waals surface area contributed by atoms with Crippen LogP contribution in [0.15, 0.2) is 30.6 Å². The van der Waals surface area contributed by atoms with E-state index in [4.69, 9.17) is 0 Å². The van der Waals surface area contributed by atoms with Crippen LogP contribution in [0.4, 0.5) is 17.2 Å². The number of nitrogens with zero attached hydrogens (tertiary/aromatic N) is 4. The van der Waals surface area contributed by atoms with Gasteiger partial charge in [0.1, 0.15) is 12.1 Å². The number of hydrogen-bond acceptors (Lipinski definition) is 6. The predicted molar refractivity (Wildman–Crippen MR) is 114 cm³/mol. The van der Waals surface area contributed by atoms with Gasteiger partial charge in [0.25, 0.3) is 0 Å². The van der Waals surface area contributed by atoms with Crippen molar-refractivity contribution >= 4 is 29.0 Å². The van der Waals surface area contributed by atoms with Crippen molar-refractivity contribution in [2.45, 2.75) is 27.2 Å². The fourth-order valence-corrected chi connectivity index (χ4v) is 3.54. The largest absolute Gasteiger partial charge is 0.354 e. The van der Waals surface area contributed by atoms with Crippen molar-refractivity contribution in [3.8, 4) is 0 Å². The lowest BCUT2D eigenvalue weighted by molar-refractivity contribution is -0.117. The summed E-state index contributed by atoms with van der Waals surface area (Å²) in [6.45, 7) is 9.24. The number of piperazine rings is 1. The minimum atomic E-state index is -0.121.